The average Bonchev–Trinajstić information content (AvgIpc) is 3.05. The van der Waals surface area contributed by atoms with E-state index in [4.69, 9.17) is 14.2 Å². The van der Waals surface area contributed by atoms with Gasteiger partial charge in [0.2, 0.25) is 0 Å². The predicted octanol–water partition coefficient (Wildman–Crippen LogP) is 3.10. The number of imide groups is 1. The van der Waals surface area contributed by atoms with Crippen molar-refractivity contribution in [3.05, 3.63) is 46.5 Å². The van der Waals surface area contributed by atoms with Crippen LogP contribution in [0.15, 0.2) is 36.4 Å². The lowest BCUT2D eigenvalue weighted by atomic mass is 10.3. The Bertz CT molecular complexity index is 683. The maximum atomic E-state index is 11.4. The molecule has 1 aliphatic heterocycles. The van der Waals surface area contributed by atoms with Gasteiger partial charge in [-0.25, -0.2) is 4.79 Å². The minimum atomic E-state index is -0.980. The Morgan fingerprint density at radius 2 is 1.52 bits per heavy atom. The molecular weight excluding hydrogens is 384 g/mol. The molecule has 10 heteroatoms. The second-order valence-corrected chi connectivity index (χ2v) is 4.73. The summed E-state index contributed by atoms with van der Waals surface area (Å²) in [5, 5.41) is 10.5. The van der Waals surface area contributed by atoms with E-state index >= 15 is 0 Å². The monoisotopic (exact) mass is 410 g/mol. The topological polar surface area (TPSA) is 125 Å². The second kappa shape index (κ2) is 14.7. The molecule has 2 rings (SSSR count). The van der Waals surface area contributed by atoms with Crippen LogP contribution in [0.1, 0.15) is 27.7 Å². The smallest absolute Gasteiger partial charge is 0.432 e. The molecule has 10 nitrogen and oxygen atoms in total. The number of nitro benzene ring substituents is 1. The Hall–Kier alpha value is -3.27. The molecule has 1 aliphatic rings. The summed E-state index contributed by atoms with van der Waals surface area (Å²) in [4.78, 5) is 44.9. The number of hydrogen-bond acceptors (Lipinski definition) is 8. The standard InChI is InChI=1S/C15H14N2O8.2C2H6/c18-13-5-6-14(19)16(13)7-8-23-9-10-24-15(20)25-12-3-1-11(2-4-12)17(21)22;2*1-2/h1-6H,7-10H2;2*1-2H3. The van der Waals surface area contributed by atoms with E-state index in [0.29, 0.717) is 0 Å². The number of benzene rings is 1. The van der Waals surface area contributed by atoms with Crippen LogP contribution in [-0.4, -0.2) is 54.2 Å². The van der Waals surface area contributed by atoms with Crippen molar-refractivity contribution >= 4 is 23.7 Å². The lowest BCUT2D eigenvalue weighted by molar-refractivity contribution is -0.384. The van der Waals surface area contributed by atoms with Gasteiger partial charge in [-0.15, -0.1) is 0 Å². The first-order valence-electron chi connectivity index (χ1n) is 9.18. The third-order valence-electron chi connectivity index (χ3n) is 3.06. The third kappa shape index (κ3) is 9.47. The zero-order chi connectivity index (χ0) is 22.2. The molecule has 29 heavy (non-hydrogen) atoms. The number of carbonyl (C=O) groups excluding carboxylic acids is 3. The SMILES string of the molecule is CC.CC.O=C(OCCOCCN1C(=O)C=CC1=O)Oc1ccc([N+](=O)[O-])cc1. The highest BCUT2D eigenvalue weighted by molar-refractivity contribution is 6.12. The Balaban J connectivity index is 0.00000184. The van der Waals surface area contributed by atoms with E-state index < -0.39 is 22.9 Å². The zero-order valence-corrected chi connectivity index (χ0v) is 17.0. The molecule has 0 N–H and O–H groups in total. The summed E-state index contributed by atoms with van der Waals surface area (Å²) in [7, 11) is 0. The van der Waals surface area contributed by atoms with Gasteiger partial charge in [0.1, 0.15) is 12.4 Å². The van der Waals surface area contributed by atoms with Crippen LogP contribution in [0, 0.1) is 10.1 Å². The van der Waals surface area contributed by atoms with Crippen LogP contribution in [0.2, 0.25) is 0 Å². The summed E-state index contributed by atoms with van der Waals surface area (Å²) in [6.07, 6.45) is 1.38. The normalized spacial score (nSPS) is 11.8. The van der Waals surface area contributed by atoms with E-state index in [1.54, 1.807) is 0 Å². The minimum Gasteiger partial charge on any atom is -0.432 e. The molecular formula is C19H26N2O8. The number of nitro groups is 1. The van der Waals surface area contributed by atoms with Crippen molar-refractivity contribution in [2.75, 3.05) is 26.4 Å². The Morgan fingerprint density at radius 1 is 0.966 bits per heavy atom. The molecule has 160 valence electrons. The Labute approximate surface area is 169 Å². The number of hydrogen-bond donors (Lipinski definition) is 0. The zero-order valence-electron chi connectivity index (χ0n) is 17.0. The molecule has 1 heterocycles. The summed E-state index contributed by atoms with van der Waals surface area (Å²) >= 11 is 0. The van der Waals surface area contributed by atoms with Crippen LogP contribution in [0.25, 0.3) is 0 Å². The maximum Gasteiger partial charge on any atom is 0.513 e. The molecule has 0 bridgehead atoms. The van der Waals surface area contributed by atoms with Gasteiger partial charge in [-0.05, 0) is 12.1 Å². The minimum absolute atomic E-state index is 0.0546. The summed E-state index contributed by atoms with van der Waals surface area (Å²) in [6, 6.07) is 4.94. The van der Waals surface area contributed by atoms with Gasteiger partial charge in [0.05, 0.1) is 24.7 Å². The van der Waals surface area contributed by atoms with Crippen LogP contribution < -0.4 is 4.74 Å². The highest BCUT2D eigenvalue weighted by Crippen LogP contribution is 2.17. The van der Waals surface area contributed by atoms with Gasteiger partial charge < -0.3 is 14.2 Å². The summed E-state index contributed by atoms with van der Waals surface area (Å²) in [5.74, 6) is -0.678. The average molecular weight is 410 g/mol. The Morgan fingerprint density at radius 3 is 2.03 bits per heavy atom. The number of non-ortho nitro benzene ring substituents is 1. The second-order valence-electron chi connectivity index (χ2n) is 4.73. The molecule has 0 atom stereocenters. The molecule has 0 fully saturated rings. The predicted molar refractivity (Wildman–Crippen MR) is 104 cm³/mol. The highest BCUT2D eigenvalue weighted by atomic mass is 16.7. The van der Waals surface area contributed by atoms with E-state index in [1.807, 2.05) is 27.7 Å². The van der Waals surface area contributed by atoms with Crippen LogP contribution in [-0.2, 0) is 19.1 Å². The van der Waals surface area contributed by atoms with Crippen LogP contribution >= 0.6 is 0 Å². The van der Waals surface area contributed by atoms with Crippen molar-refractivity contribution in [1.82, 2.24) is 4.90 Å². The summed E-state index contributed by atoms with van der Waals surface area (Å²) < 4.78 is 14.7. The number of ether oxygens (including phenoxy) is 3. The first-order chi connectivity index (χ1) is 14.0. The van der Waals surface area contributed by atoms with Crippen molar-refractivity contribution in [2.24, 2.45) is 0 Å². The van der Waals surface area contributed by atoms with Crippen molar-refractivity contribution < 1.29 is 33.5 Å². The van der Waals surface area contributed by atoms with E-state index in [-0.39, 0.29) is 37.8 Å². The van der Waals surface area contributed by atoms with Crippen molar-refractivity contribution in [2.45, 2.75) is 27.7 Å². The van der Waals surface area contributed by atoms with E-state index in [2.05, 4.69) is 0 Å². The summed E-state index contributed by atoms with van der Waals surface area (Å²) in [6.45, 7) is 8.18. The van der Waals surface area contributed by atoms with E-state index in [9.17, 15) is 24.5 Å². The van der Waals surface area contributed by atoms with Gasteiger partial charge >= 0.3 is 6.16 Å². The number of amides is 2. The number of rotatable bonds is 8. The lowest BCUT2D eigenvalue weighted by Crippen LogP contribution is -2.33. The first kappa shape index (κ1) is 25.7. The van der Waals surface area contributed by atoms with Crippen molar-refractivity contribution in [1.29, 1.82) is 0 Å². The molecule has 0 unspecified atom stereocenters. The molecule has 0 radical (unpaired) electrons. The van der Waals surface area contributed by atoms with E-state index in [0.717, 1.165) is 4.90 Å². The van der Waals surface area contributed by atoms with Crippen LogP contribution in [0.5, 0.6) is 5.75 Å². The van der Waals surface area contributed by atoms with E-state index in [1.165, 1.54) is 36.4 Å². The molecule has 2 amide bonds. The quantitative estimate of drug-likeness (QED) is 0.160. The molecule has 0 aliphatic carbocycles. The van der Waals surface area contributed by atoms with Gasteiger partial charge in [-0.1, -0.05) is 27.7 Å². The lowest BCUT2D eigenvalue weighted by Gasteiger charge is -2.13. The maximum absolute atomic E-state index is 11.4. The Kier molecular flexibility index (Phi) is 13.1. The van der Waals surface area contributed by atoms with Crippen LogP contribution in [0.4, 0.5) is 10.5 Å². The molecule has 0 aromatic heterocycles. The number of carbonyl (C=O) groups is 3. The van der Waals surface area contributed by atoms with Gasteiger partial charge in [-0.2, -0.15) is 0 Å². The molecule has 0 saturated carbocycles. The summed E-state index contributed by atoms with van der Waals surface area (Å²) in [5.41, 5.74) is -0.126. The third-order valence-corrected chi connectivity index (χ3v) is 3.06. The first-order valence-corrected chi connectivity index (χ1v) is 9.18. The van der Waals surface area contributed by atoms with Crippen molar-refractivity contribution in [3.63, 3.8) is 0 Å². The highest BCUT2D eigenvalue weighted by Gasteiger charge is 2.22. The van der Waals surface area contributed by atoms with Gasteiger partial charge in [-0.3, -0.25) is 24.6 Å². The fraction of sp³-hybridized carbons (Fsp3) is 0.421. The molecule has 0 spiro atoms. The van der Waals surface area contributed by atoms with Gasteiger partial charge in [0.15, 0.2) is 0 Å². The van der Waals surface area contributed by atoms with Crippen molar-refractivity contribution in [3.8, 4) is 5.75 Å². The fourth-order valence-electron chi connectivity index (χ4n) is 1.85. The molecule has 1 aromatic carbocycles. The van der Waals surface area contributed by atoms with Gasteiger partial charge in [0, 0.05) is 24.3 Å². The largest absolute Gasteiger partial charge is 0.513 e. The van der Waals surface area contributed by atoms with Gasteiger partial charge in [0.25, 0.3) is 17.5 Å². The van der Waals surface area contributed by atoms with Crippen LogP contribution in [0.3, 0.4) is 0 Å². The number of nitrogens with zero attached hydrogens (tertiary/aromatic N) is 2. The fourth-order valence-corrected chi connectivity index (χ4v) is 1.85. The molecule has 0 saturated heterocycles. The molecule has 1 aromatic rings.